The summed E-state index contributed by atoms with van der Waals surface area (Å²) in [5, 5.41) is 0. The number of hydrogen-bond acceptors (Lipinski definition) is 6. The van der Waals surface area contributed by atoms with Crippen LogP contribution in [0.25, 0.3) is 0 Å². The molecule has 0 aliphatic carbocycles. The minimum absolute atomic E-state index is 0.0262. The number of benzene rings is 2. The highest BCUT2D eigenvalue weighted by molar-refractivity contribution is 7.89. The van der Waals surface area contributed by atoms with Crippen molar-refractivity contribution in [3.63, 3.8) is 0 Å². The Balaban J connectivity index is 1.36. The molecule has 8 nitrogen and oxygen atoms in total. The first-order valence-corrected chi connectivity index (χ1v) is 12.2. The van der Waals surface area contributed by atoms with Crippen LogP contribution < -0.4 is 9.62 Å². The molecule has 34 heavy (non-hydrogen) atoms. The van der Waals surface area contributed by atoms with E-state index in [1.807, 2.05) is 4.90 Å². The van der Waals surface area contributed by atoms with Gasteiger partial charge in [0.25, 0.3) is 5.91 Å². The molecule has 1 fully saturated rings. The summed E-state index contributed by atoms with van der Waals surface area (Å²) in [4.78, 5) is 27.9. The fourth-order valence-corrected chi connectivity index (χ4v) is 4.75. The zero-order valence-electron chi connectivity index (χ0n) is 18.5. The second kappa shape index (κ2) is 9.78. The van der Waals surface area contributed by atoms with Crippen molar-refractivity contribution in [2.75, 3.05) is 31.1 Å². The number of Topliss-reactive ketones (excluding diaryl/α,β-unsaturated/α-hetero) is 1. The maximum atomic E-state index is 14.5. The third kappa shape index (κ3) is 5.18. The van der Waals surface area contributed by atoms with E-state index < -0.39 is 15.8 Å². The van der Waals surface area contributed by atoms with E-state index in [4.69, 9.17) is 4.42 Å². The minimum atomic E-state index is -3.75. The van der Waals surface area contributed by atoms with E-state index in [9.17, 15) is 22.4 Å². The van der Waals surface area contributed by atoms with Gasteiger partial charge in [-0.05, 0) is 61.5 Å². The number of furan rings is 1. The largest absolute Gasteiger partial charge is 0.468 e. The average Bonchev–Trinajstić information content (AvgIpc) is 3.36. The van der Waals surface area contributed by atoms with Gasteiger partial charge in [0.05, 0.1) is 23.4 Å². The Morgan fingerprint density at radius 2 is 1.68 bits per heavy atom. The Bertz CT molecular complexity index is 1280. The smallest absolute Gasteiger partial charge is 0.253 e. The lowest BCUT2D eigenvalue weighted by Crippen LogP contribution is -2.49. The van der Waals surface area contributed by atoms with Crippen LogP contribution in [-0.2, 0) is 16.6 Å². The average molecular weight is 486 g/mol. The van der Waals surface area contributed by atoms with Crippen molar-refractivity contribution >= 4 is 27.4 Å². The molecule has 0 unspecified atom stereocenters. The molecule has 3 aromatic rings. The standard InChI is InChI=1S/C24H24FN3O5S/c1-17(29)19-6-9-23(22(25)15-19)27-10-12-28(13-11-27)24(30)18-4-7-21(8-5-18)34(31,32)26-16-20-3-2-14-33-20/h2-9,14-15,26H,10-13,16H2,1H3. The molecule has 10 heteroatoms. The number of piperazine rings is 1. The summed E-state index contributed by atoms with van der Waals surface area (Å²) in [6, 6.07) is 13.5. The van der Waals surface area contributed by atoms with Gasteiger partial charge in [0, 0.05) is 37.3 Å². The van der Waals surface area contributed by atoms with Crippen LogP contribution in [0.5, 0.6) is 0 Å². The lowest BCUT2D eigenvalue weighted by atomic mass is 10.1. The third-order valence-corrected chi connectivity index (χ3v) is 7.11. The summed E-state index contributed by atoms with van der Waals surface area (Å²) < 4.78 is 47.0. The van der Waals surface area contributed by atoms with Gasteiger partial charge < -0.3 is 14.2 Å². The predicted molar refractivity (Wildman–Crippen MR) is 124 cm³/mol. The number of carbonyl (C=O) groups is 2. The number of nitrogens with zero attached hydrogens (tertiary/aromatic N) is 2. The maximum Gasteiger partial charge on any atom is 0.253 e. The predicted octanol–water partition coefficient (Wildman–Crippen LogP) is 3.06. The van der Waals surface area contributed by atoms with Crippen LogP contribution in [0.2, 0.25) is 0 Å². The number of nitrogens with one attached hydrogen (secondary N) is 1. The molecule has 2 heterocycles. The van der Waals surface area contributed by atoms with Gasteiger partial charge in [0.1, 0.15) is 11.6 Å². The summed E-state index contributed by atoms with van der Waals surface area (Å²) in [6.07, 6.45) is 1.46. The van der Waals surface area contributed by atoms with Crippen LogP contribution in [0.15, 0.2) is 70.2 Å². The van der Waals surface area contributed by atoms with E-state index in [0.29, 0.717) is 48.8 Å². The molecule has 2 aromatic carbocycles. The van der Waals surface area contributed by atoms with Crippen LogP contribution in [0, 0.1) is 5.82 Å². The van der Waals surface area contributed by atoms with E-state index in [0.717, 1.165) is 0 Å². The Kier molecular flexibility index (Phi) is 6.80. The second-order valence-corrected chi connectivity index (χ2v) is 9.70. The molecule has 1 saturated heterocycles. The zero-order chi connectivity index (χ0) is 24.3. The van der Waals surface area contributed by atoms with Gasteiger partial charge in [-0.1, -0.05) is 0 Å². The van der Waals surface area contributed by atoms with Gasteiger partial charge in [-0.25, -0.2) is 17.5 Å². The molecule has 0 bridgehead atoms. The molecule has 4 rings (SSSR count). The minimum Gasteiger partial charge on any atom is -0.468 e. The van der Waals surface area contributed by atoms with Crippen molar-refractivity contribution in [2.24, 2.45) is 0 Å². The Morgan fingerprint density at radius 1 is 1.00 bits per heavy atom. The van der Waals surface area contributed by atoms with Gasteiger partial charge in [-0.2, -0.15) is 0 Å². The number of rotatable bonds is 7. The van der Waals surface area contributed by atoms with Crippen molar-refractivity contribution in [3.8, 4) is 0 Å². The highest BCUT2D eigenvalue weighted by Gasteiger charge is 2.24. The van der Waals surface area contributed by atoms with Crippen molar-refractivity contribution in [1.82, 2.24) is 9.62 Å². The van der Waals surface area contributed by atoms with E-state index in [2.05, 4.69) is 4.72 Å². The summed E-state index contributed by atoms with van der Waals surface area (Å²) in [6.45, 7) is 3.06. The fourth-order valence-electron chi connectivity index (χ4n) is 3.75. The second-order valence-electron chi connectivity index (χ2n) is 7.93. The number of sulfonamides is 1. The number of halogens is 1. The van der Waals surface area contributed by atoms with Gasteiger partial charge >= 0.3 is 0 Å². The van der Waals surface area contributed by atoms with E-state index in [1.54, 1.807) is 29.2 Å². The van der Waals surface area contributed by atoms with Gasteiger partial charge in [-0.3, -0.25) is 9.59 Å². The highest BCUT2D eigenvalue weighted by Crippen LogP contribution is 2.23. The van der Waals surface area contributed by atoms with E-state index in [-0.39, 0.29) is 23.1 Å². The highest BCUT2D eigenvalue weighted by atomic mass is 32.2. The zero-order valence-corrected chi connectivity index (χ0v) is 19.3. The van der Waals surface area contributed by atoms with Crippen LogP contribution in [0.3, 0.4) is 0 Å². The summed E-state index contributed by atoms with van der Waals surface area (Å²) in [7, 11) is -3.75. The molecule has 0 spiro atoms. The van der Waals surface area contributed by atoms with Crippen LogP contribution in [0.4, 0.5) is 10.1 Å². The lowest BCUT2D eigenvalue weighted by molar-refractivity contribution is 0.0746. The monoisotopic (exact) mass is 485 g/mol. The summed E-state index contributed by atoms with van der Waals surface area (Å²) >= 11 is 0. The molecular formula is C24H24FN3O5S. The number of hydrogen-bond donors (Lipinski definition) is 1. The Labute approximate surface area is 197 Å². The Hall–Kier alpha value is -3.50. The Morgan fingerprint density at radius 3 is 2.26 bits per heavy atom. The normalized spacial score (nSPS) is 14.3. The molecule has 178 valence electrons. The SMILES string of the molecule is CC(=O)c1ccc(N2CCN(C(=O)c3ccc(S(=O)(=O)NCc4ccco4)cc3)CC2)c(F)c1. The number of carbonyl (C=O) groups excluding carboxylic acids is 2. The van der Waals surface area contributed by atoms with Crippen molar-refractivity contribution in [1.29, 1.82) is 0 Å². The first kappa shape index (κ1) is 23.7. The maximum absolute atomic E-state index is 14.5. The fraction of sp³-hybridized carbons (Fsp3) is 0.250. The molecule has 1 amide bonds. The van der Waals surface area contributed by atoms with Crippen molar-refractivity contribution in [2.45, 2.75) is 18.4 Å². The van der Waals surface area contributed by atoms with Crippen molar-refractivity contribution in [3.05, 3.63) is 83.6 Å². The molecule has 1 aliphatic rings. The van der Waals surface area contributed by atoms with Gasteiger partial charge in [0.15, 0.2) is 5.78 Å². The first-order valence-electron chi connectivity index (χ1n) is 10.7. The van der Waals surface area contributed by atoms with E-state index >= 15 is 0 Å². The first-order chi connectivity index (χ1) is 16.2. The molecular weight excluding hydrogens is 461 g/mol. The summed E-state index contributed by atoms with van der Waals surface area (Å²) in [5.74, 6) is -0.401. The van der Waals surface area contributed by atoms with Gasteiger partial charge in [0.2, 0.25) is 10.0 Å². The topological polar surface area (TPSA) is 99.9 Å². The number of anilines is 1. The van der Waals surface area contributed by atoms with E-state index in [1.165, 1.54) is 43.5 Å². The molecule has 1 aliphatic heterocycles. The molecule has 1 N–H and O–H groups in total. The van der Waals surface area contributed by atoms with Gasteiger partial charge in [-0.15, -0.1) is 0 Å². The van der Waals surface area contributed by atoms with Crippen LogP contribution in [-0.4, -0.2) is 51.2 Å². The van der Waals surface area contributed by atoms with Crippen LogP contribution >= 0.6 is 0 Å². The third-order valence-electron chi connectivity index (χ3n) is 5.69. The lowest BCUT2D eigenvalue weighted by Gasteiger charge is -2.36. The number of ketones is 1. The molecule has 0 saturated carbocycles. The molecule has 0 atom stereocenters. The summed E-state index contributed by atoms with van der Waals surface area (Å²) in [5.41, 5.74) is 1.08. The number of amides is 1. The van der Waals surface area contributed by atoms with Crippen LogP contribution in [0.1, 0.15) is 33.4 Å². The van der Waals surface area contributed by atoms with Crippen molar-refractivity contribution < 1.29 is 26.8 Å². The molecule has 1 aromatic heterocycles. The quantitative estimate of drug-likeness (QED) is 0.517. The molecule has 0 radical (unpaired) electrons.